The van der Waals surface area contributed by atoms with Gasteiger partial charge in [0.25, 0.3) is 0 Å². The van der Waals surface area contributed by atoms with Gasteiger partial charge in [-0.1, -0.05) is 93.6 Å². The zero-order chi connectivity index (χ0) is 41.1. The molecule has 62 heavy (non-hydrogen) atoms. The summed E-state index contributed by atoms with van der Waals surface area (Å²) in [5.41, 5.74) is 10.9. The Bertz CT molecular complexity index is 3020. The molecule has 3 heterocycles. The Kier molecular flexibility index (Phi) is 7.40. The van der Waals surface area contributed by atoms with Gasteiger partial charge in [0.1, 0.15) is 11.2 Å². The lowest BCUT2D eigenvalue weighted by molar-refractivity contribution is -0.00530. The summed E-state index contributed by atoms with van der Waals surface area (Å²) in [6.45, 7) is 7.16. The Balaban J connectivity index is 1.06. The standard InChI is InChI=1S/C57H56N4O/c1-55(2,3)47-26-41(57-30-36-20-37(31-57)22-38(21-36)32-57)24-45-44-23-40(56-27-33-17-34(28-56)19-35(18-33)29-56)25-46(50(44)62-51(45)47)53-58-52(39-11-5-4-6-12-39)59-54(60-53)61-48-15-9-7-13-42(48)43-14-8-10-16-49(43)61/h4-16,23-26,33-38H,17-22,27-32H2,1-3H3. The third-order valence-corrected chi connectivity index (χ3v) is 17.5. The number of para-hydroxylation sites is 2. The molecule has 8 saturated carbocycles. The molecule has 3 aromatic heterocycles. The predicted molar refractivity (Wildman–Crippen MR) is 251 cm³/mol. The molecule has 0 saturated heterocycles. The highest BCUT2D eigenvalue weighted by molar-refractivity contribution is 6.11. The van der Waals surface area contributed by atoms with Gasteiger partial charge < -0.3 is 4.42 Å². The zero-order valence-electron chi connectivity index (χ0n) is 36.5. The summed E-state index contributed by atoms with van der Waals surface area (Å²) < 4.78 is 9.70. The van der Waals surface area contributed by atoms with E-state index in [1.54, 1.807) is 5.56 Å². The Hall–Kier alpha value is -5.29. The summed E-state index contributed by atoms with van der Waals surface area (Å²) in [5.74, 6) is 7.16. The van der Waals surface area contributed by atoms with Crippen molar-refractivity contribution in [1.29, 1.82) is 0 Å². The van der Waals surface area contributed by atoms with E-state index in [4.69, 9.17) is 19.4 Å². The predicted octanol–water partition coefficient (Wildman–Crippen LogP) is 14.4. The van der Waals surface area contributed by atoms with E-state index in [1.807, 2.05) is 0 Å². The molecule has 0 unspecified atom stereocenters. The van der Waals surface area contributed by atoms with Crippen LogP contribution in [0.3, 0.4) is 0 Å². The molecule has 310 valence electrons. The molecule has 8 aliphatic rings. The van der Waals surface area contributed by atoms with Gasteiger partial charge >= 0.3 is 0 Å². The Morgan fingerprint density at radius 2 is 0.968 bits per heavy atom. The molecule has 0 radical (unpaired) electrons. The monoisotopic (exact) mass is 812 g/mol. The fourth-order valence-corrected chi connectivity index (χ4v) is 15.7. The second-order valence-electron chi connectivity index (χ2n) is 22.6. The van der Waals surface area contributed by atoms with Crippen LogP contribution in [0.15, 0.2) is 108 Å². The van der Waals surface area contributed by atoms with Gasteiger partial charge in [0.15, 0.2) is 11.6 Å². The first-order valence-corrected chi connectivity index (χ1v) is 24.0. The van der Waals surface area contributed by atoms with Crippen LogP contribution in [0.25, 0.3) is 72.5 Å². The van der Waals surface area contributed by atoms with Gasteiger partial charge in [-0.05, 0) is 170 Å². The minimum Gasteiger partial charge on any atom is -0.455 e. The van der Waals surface area contributed by atoms with Crippen molar-refractivity contribution in [3.8, 4) is 28.7 Å². The van der Waals surface area contributed by atoms with Crippen LogP contribution in [-0.4, -0.2) is 19.5 Å². The van der Waals surface area contributed by atoms with Crippen molar-refractivity contribution in [2.75, 3.05) is 0 Å². The van der Waals surface area contributed by atoms with Crippen molar-refractivity contribution >= 4 is 43.7 Å². The minimum absolute atomic E-state index is 0.0926. The maximum Gasteiger partial charge on any atom is 0.238 e. The van der Waals surface area contributed by atoms with E-state index in [0.717, 1.165) is 68.8 Å². The van der Waals surface area contributed by atoms with Crippen molar-refractivity contribution < 1.29 is 4.42 Å². The summed E-state index contributed by atoms with van der Waals surface area (Å²) in [6.07, 6.45) is 16.6. The quantitative estimate of drug-likeness (QED) is 0.174. The first kappa shape index (κ1) is 36.2. The lowest BCUT2D eigenvalue weighted by Crippen LogP contribution is -2.48. The lowest BCUT2D eigenvalue weighted by Gasteiger charge is -2.57. The van der Waals surface area contributed by atoms with E-state index in [0.29, 0.717) is 17.6 Å². The Morgan fingerprint density at radius 3 is 1.50 bits per heavy atom. The fourth-order valence-electron chi connectivity index (χ4n) is 15.7. The molecule has 8 bridgehead atoms. The maximum atomic E-state index is 7.45. The Labute approximate surface area is 364 Å². The molecule has 5 aromatic carbocycles. The van der Waals surface area contributed by atoms with Crippen LogP contribution in [0, 0.1) is 35.5 Å². The van der Waals surface area contributed by atoms with Crippen molar-refractivity contribution in [2.24, 2.45) is 35.5 Å². The molecule has 0 N–H and O–H groups in total. The molecule has 8 aliphatic carbocycles. The van der Waals surface area contributed by atoms with Gasteiger partial charge in [0.2, 0.25) is 5.95 Å². The topological polar surface area (TPSA) is 56.7 Å². The highest BCUT2D eigenvalue weighted by atomic mass is 16.3. The summed E-state index contributed by atoms with van der Waals surface area (Å²) >= 11 is 0. The molecular formula is C57H56N4O. The lowest BCUT2D eigenvalue weighted by atomic mass is 9.48. The molecule has 0 spiro atoms. The first-order valence-electron chi connectivity index (χ1n) is 24.0. The summed E-state index contributed by atoms with van der Waals surface area (Å²) in [5, 5.41) is 4.94. The van der Waals surface area contributed by atoms with Crippen molar-refractivity contribution in [1.82, 2.24) is 19.5 Å². The van der Waals surface area contributed by atoms with Gasteiger partial charge in [-0.3, -0.25) is 4.57 Å². The molecule has 5 nitrogen and oxygen atoms in total. The van der Waals surface area contributed by atoms with E-state index >= 15 is 0 Å². The van der Waals surface area contributed by atoms with Gasteiger partial charge in [-0.25, -0.2) is 4.98 Å². The number of fused-ring (bicyclic) bond motifs is 6. The van der Waals surface area contributed by atoms with Crippen LogP contribution >= 0.6 is 0 Å². The molecule has 0 atom stereocenters. The molecular weight excluding hydrogens is 757 g/mol. The third kappa shape index (κ3) is 5.29. The molecule has 16 rings (SSSR count). The third-order valence-electron chi connectivity index (χ3n) is 17.5. The van der Waals surface area contributed by atoms with Crippen LogP contribution in [0.2, 0.25) is 0 Å². The fraction of sp³-hybridized carbons (Fsp3) is 0.421. The summed E-state index contributed by atoms with van der Waals surface area (Å²) in [4.78, 5) is 16.4. The van der Waals surface area contributed by atoms with E-state index in [-0.39, 0.29) is 16.2 Å². The number of furan rings is 1. The van der Waals surface area contributed by atoms with E-state index < -0.39 is 0 Å². The number of hydrogen-bond acceptors (Lipinski definition) is 4. The summed E-state index contributed by atoms with van der Waals surface area (Å²) in [6, 6.07) is 38.1. The number of rotatable bonds is 5. The molecule has 0 amide bonds. The molecule has 8 fully saturated rings. The SMILES string of the molecule is CC(C)(C)c1cc(C23CC4CC(CC(C4)C2)C3)cc2c1oc1c(-c3nc(-c4ccccc4)nc(-n4c5ccccc5c5ccccc54)n3)cc(C34CC5CC(CC(C5)C3)C4)cc12. The van der Waals surface area contributed by atoms with Gasteiger partial charge in [0, 0.05) is 32.7 Å². The largest absolute Gasteiger partial charge is 0.455 e. The van der Waals surface area contributed by atoms with Gasteiger partial charge in [0.05, 0.1) is 16.6 Å². The number of benzene rings is 5. The highest BCUT2D eigenvalue weighted by Crippen LogP contribution is 2.63. The van der Waals surface area contributed by atoms with Gasteiger partial charge in [-0.15, -0.1) is 0 Å². The average Bonchev–Trinajstić information content (AvgIpc) is 3.81. The number of hydrogen-bond donors (Lipinski definition) is 0. The van der Waals surface area contributed by atoms with Crippen LogP contribution in [0.5, 0.6) is 0 Å². The highest BCUT2D eigenvalue weighted by Gasteiger charge is 2.53. The van der Waals surface area contributed by atoms with Crippen LogP contribution in [-0.2, 0) is 16.2 Å². The van der Waals surface area contributed by atoms with Crippen molar-refractivity contribution in [3.05, 3.63) is 120 Å². The van der Waals surface area contributed by atoms with Gasteiger partial charge in [-0.2, -0.15) is 9.97 Å². The first-order chi connectivity index (χ1) is 30.2. The van der Waals surface area contributed by atoms with Crippen molar-refractivity contribution in [3.63, 3.8) is 0 Å². The zero-order valence-corrected chi connectivity index (χ0v) is 36.5. The molecule has 5 heteroatoms. The van der Waals surface area contributed by atoms with Crippen molar-refractivity contribution in [2.45, 2.75) is 114 Å². The number of aromatic nitrogens is 4. The minimum atomic E-state index is -0.0926. The molecule has 0 aliphatic heterocycles. The maximum absolute atomic E-state index is 7.45. The van der Waals surface area contributed by atoms with Crippen LogP contribution in [0.1, 0.15) is 115 Å². The normalized spacial score (nSPS) is 29.9. The second-order valence-corrected chi connectivity index (χ2v) is 22.6. The smallest absolute Gasteiger partial charge is 0.238 e. The Morgan fingerprint density at radius 1 is 0.500 bits per heavy atom. The van der Waals surface area contributed by atoms with E-state index in [1.165, 1.54) is 110 Å². The average molecular weight is 813 g/mol. The second kappa shape index (κ2) is 12.7. The van der Waals surface area contributed by atoms with E-state index in [9.17, 15) is 0 Å². The number of nitrogens with zero attached hydrogens (tertiary/aromatic N) is 4. The molecule has 8 aromatic rings. The van der Waals surface area contributed by atoms with E-state index in [2.05, 4.69) is 128 Å². The van der Waals surface area contributed by atoms with Crippen LogP contribution < -0.4 is 0 Å². The van der Waals surface area contributed by atoms with Crippen LogP contribution in [0.4, 0.5) is 0 Å². The summed E-state index contributed by atoms with van der Waals surface area (Å²) in [7, 11) is 0.